The first kappa shape index (κ1) is 26.4. The number of hydrogen-bond acceptors (Lipinski definition) is 4. The Kier molecular flexibility index (Phi) is 7.59. The molecule has 1 fully saturated rings. The van der Waals surface area contributed by atoms with Crippen molar-refractivity contribution in [2.45, 2.75) is 50.6 Å². The second-order valence-corrected chi connectivity index (χ2v) is 10.6. The smallest absolute Gasteiger partial charge is 0.321 e. The third kappa shape index (κ3) is 4.52. The number of hydrogen-bond donors (Lipinski definition) is 2. The summed E-state index contributed by atoms with van der Waals surface area (Å²) < 4.78 is 30.9. The molecule has 182 valence electrons. The molecule has 1 heterocycles. The Hall–Kier alpha value is -2.24. The van der Waals surface area contributed by atoms with Gasteiger partial charge in [-0.15, -0.1) is 0 Å². The summed E-state index contributed by atoms with van der Waals surface area (Å²) in [5, 5.41) is 30.7. The number of benzene rings is 2. The van der Waals surface area contributed by atoms with E-state index in [9.17, 15) is 20.3 Å². The molecule has 3 rings (SSSR count). The molecule has 1 aliphatic heterocycles. The summed E-state index contributed by atoms with van der Waals surface area (Å²) in [6.07, 6.45) is 0.269. The highest BCUT2D eigenvalue weighted by molar-refractivity contribution is 6.31. The summed E-state index contributed by atoms with van der Waals surface area (Å²) in [6.45, 7) is 5.23. The third-order valence-electron chi connectivity index (χ3n) is 6.38. The number of aliphatic carboxylic acids is 1. The van der Waals surface area contributed by atoms with Crippen LogP contribution in [0.2, 0.25) is 10.0 Å². The number of halogens is 4. The van der Waals surface area contributed by atoms with Crippen LogP contribution in [-0.2, 0) is 10.2 Å². The average molecular weight is 511 g/mol. The van der Waals surface area contributed by atoms with Crippen LogP contribution >= 0.6 is 23.2 Å². The molecule has 0 saturated carbocycles. The van der Waals surface area contributed by atoms with Crippen LogP contribution in [0.5, 0.6) is 0 Å². The minimum Gasteiger partial charge on any atom is -0.480 e. The van der Waals surface area contributed by atoms with E-state index in [1.807, 2.05) is 20.8 Å². The molecule has 2 aromatic rings. The first-order valence-electron chi connectivity index (χ1n) is 10.8. The standard InChI is InChI=1S/C25H26Cl2F2N2O3/c1-24(2,3)12-19-25(13-30,16-8-7-14(26)11-18(16)28)20(15-5-4-6-17(27)21(15)29)22(23(33)34)31(19)9-10-32/h4-8,11,19-20,22,32H,9-10,12H2,1-3H3,(H,33,34)/t19-,20-,22+,25-/m0/s1. The molecule has 0 unspecified atom stereocenters. The molecule has 34 heavy (non-hydrogen) atoms. The Bertz CT molecular complexity index is 1130. The van der Waals surface area contributed by atoms with Gasteiger partial charge in [-0.1, -0.05) is 62.2 Å². The van der Waals surface area contributed by atoms with Crippen molar-refractivity contribution in [2.24, 2.45) is 5.41 Å². The quantitative estimate of drug-likeness (QED) is 0.544. The highest BCUT2D eigenvalue weighted by atomic mass is 35.5. The molecule has 5 nitrogen and oxygen atoms in total. The van der Waals surface area contributed by atoms with Crippen molar-refractivity contribution in [3.8, 4) is 6.07 Å². The van der Waals surface area contributed by atoms with E-state index in [1.54, 1.807) is 0 Å². The lowest BCUT2D eigenvalue weighted by atomic mass is 9.62. The zero-order valence-corrected chi connectivity index (χ0v) is 20.5. The number of β-amino-alcohol motifs (C(OH)–C–C–N with tert-alkyl or cyclic N) is 1. The van der Waals surface area contributed by atoms with E-state index in [0.29, 0.717) is 0 Å². The van der Waals surface area contributed by atoms with E-state index >= 15 is 8.78 Å². The number of nitriles is 1. The molecule has 2 aromatic carbocycles. The molecular weight excluding hydrogens is 485 g/mol. The van der Waals surface area contributed by atoms with Gasteiger partial charge < -0.3 is 10.2 Å². The van der Waals surface area contributed by atoms with Gasteiger partial charge in [0, 0.05) is 29.1 Å². The van der Waals surface area contributed by atoms with Gasteiger partial charge in [0.25, 0.3) is 0 Å². The summed E-state index contributed by atoms with van der Waals surface area (Å²) in [5.74, 6) is -4.31. The molecular formula is C25H26Cl2F2N2O3. The molecule has 1 aliphatic rings. The SMILES string of the molecule is CC(C)(C)C[C@@H]1N(CCO)[C@@H](C(=O)O)[C@H](c2cccc(Cl)c2F)[C@@]1(C#N)c1ccc(Cl)cc1F. The summed E-state index contributed by atoms with van der Waals surface area (Å²) in [4.78, 5) is 14.1. The van der Waals surface area contributed by atoms with E-state index in [4.69, 9.17) is 23.2 Å². The number of carbonyl (C=O) groups is 1. The van der Waals surface area contributed by atoms with Gasteiger partial charge in [0.05, 0.1) is 17.7 Å². The number of rotatable bonds is 6. The van der Waals surface area contributed by atoms with Crippen LogP contribution in [0, 0.1) is 28.4 Å². The second kappa shape index (κ2) is 9.79. The monoisotopic (exact) mass is 510 g/mol. The largest absolute Gasteiger partial charge is 0.480 e. The van der Waals surface area contributed by atoms with Crippen LogP contribution in [0.4, 0.5) is 8.78 Å². The van der Waals surface area contributed by atoms with Gasteiger partial charge in [0.2, 0.25) is 0 Å². The minimum atomic E-state index is -1.83. The van der Waals surface area contributed by atoms with Crippen molar-refractivity contribution in [1.29, 1.82) is 5.26 Å². The van der Waals surface area contributed by atoms with Crippen molar-refractivity contribution >= 4 is 29.2 Å². The van der Waals surface area contributed by atoms with Gasteiger partial charge in [-0.25, -0.2) is 8.78 Å². The number of nitrogens with zero attached hydrogens (tertiary/aromatic N) is 2. The van der Waals surface area contributed by atoms with E-state index in [0.717, 1.165) is 6.07 Å². The molecule has 2 N–H and O–H groups in total. The molecule has 4 atom stereocenters. The minimum absolute atomic E-state index is 0.0790. The van der Waals surface area contributed by atoms with E-state index < -0.39 is 53.0 Å². The summed E-state index contributed by atoms with van der Waals surface area (Å²) in [6, 6.07) is 7.91. The zero-order chi connectivity index (χ0) is 25.4. The van der Waals surface area contributed by atoms with Gasteiger partial charge in [-0.3, -0.25) is 9.69 Å². The van der Waals surface area contributed by atoms with Crippen LogP contribution in [0.25, 0.3) is 0 Å². The fraction of sp³-hybridized carbons (Fsp3) is 0.440. The van der Waals surface area contributed by atoms with Crippen LogP contribution in [0.15, 0.2) is 36.4 Å². The molecule has 0 spiro atoms. The maximum atomic E-state index is 15.5. The number of carboxylic acids is 1. The summed E-state index contributed by atoms with van der Waals surface area (Å²) >= 11 is 12.0. The fourth-order valence-corrected chi connectivity index (χ4v) is 5.55. The van der Waals surface area contributed by atoms with E-state index in [2.05, 4.69) is 6.07 Å². The van der Waals surface area contributed by atoms with Crippen LogP contribution in [0.1, 0.15) is 44.2 Å². The molecule has 9 heteroatoms. The Morgan fingerprint density at radius 2 is 1.91 bits per heavy atom. The molecule has 0 radical (unpaired) electrons. The van der Waals surface area contributed by atoms with Gasteiger partial charge in [-0.2, -0.15) is 5.26 Å². The maximum absolute atomic E-state index is 15.5. The van der Waals surface area contributed by atoms with Crippen molar-refractivity contribution < 1.29 is 23.8 Å². The van der Waals surface area contributed by atoms with Crippen LogP contribution in [-0.4, -0.2) is 46.3 Å². The number of carboxylic acid groups (broad SMARTS) is 1. The Balaban J connectivity index is 2.47. The lowest BCUT2D eigenvalue weighted by Gasteiger charge is -2.39. The van der Waals surface area contributed by atoms with Crippen LogP contribution < -0.4 is 0 Å². The zero-order valence-electron chi connectivity index (χ0n) is 19.0. The van der Waals surface area contributed by atoms with E-state index in [-0.39, 0.29) is 34.1 Å². The summed E-state index contributed by atoms with van der Waals surface area (Å²) in [7, 11) is 0. The molecule has 0 bridgehead atoms. The normalized spacial score (nSPS) is 25.3. The molecule has 0 aliphatic carbocycles. The van der Waals surface area contributed by atoms with Crippen LogP contribution in [0.3, 0.4) is 0 Å². The first-order chi connectivity index (χ1) is 15.9. The lowest BCUT2D eigenvalue weighted by Crippen LogP contribution is -2.48. The summed E-state index contributed by atoms with van der Waals surface area (Å²) in [5.41, 5.74) is -2.43. The van der Waals surface area contributed by atoms with Crippen molar-refractivity contribution in [2.75, 3.05) is 13.2 Å². The molecule has 1 saturated heterocycles. The Labute approximate surface area is 207 Å². The lowest BCUT2D eigenvalue weighted by molar-refractivity contribution is -0.143. The van der Waals surface area contributed by atoms with Gasteiger partial charge in [0.15, 0.2) is 0 Å². The van der Waals surface area contributed by atoms with Gasteiger partial charge >= 0.3 is 5.97 Å². The molecule has 0 aromatic heterocycles. The fourth-order valence-electron chi connectivity index (χ4n) is 5.21. The Morgan fingerprint density at radius 1 is 1.24 bits per heavy atom. The predicted octanol–water partition coefficient (Wildman–Crippen LogP) is 5.38. The van der Waals surface area contributed by atoms with Crippen molar-refractivity contribution in [3.05, 3.63) is 69.2 Å². The van der Waals surface area contributed by atoms with Crippen molar-refractivity contribution in [3.63, 3.8) is 0 Å². The third-order valence-corrected chi connectivity index (χ3v) is 6.91. The topological polar surface area (TPSA) is 84.6 Å². The highest BCUT2D eigenvalue weighted by Crippen LogP contribution is 2.56. The van der Waals surface area contributed by atoms with Gasteiger partial charge in [0.1, 0.15) is 23.1 Å². The maximum Gasteiger partial charge on any atom is 0.321 e. The number of aliphatic hydroxyl groups is 1. The van der Waals surface area contributed by atoms with E-state index in [1.165, 1.54) is 35.2 Å². The number of aliphatic hydroxyl groups excluding tert-OH is 1. The number of likely N-dealkylation sites (tertiary alicyclic amines) is 1. The van der Waals surface area contributed by atoms with Gasteiger partial charge in [-0.05, 0) is 35.6 Å². The average Bonchev–Trinajstić information content (AvgIpc) is 2.99. The first-order valence-corrected chi connectivity index (χ1v) is 11.5. The second-order valence-electron chi connectivity index (χ2n) is 9.75. The predicted molar refractivity (Wildman–Crippen MR) is 126 cm³/mol. The molecule has 0 amide bonds. The highest BCUT2D eigenvalue weighted by Gasteiger charge is 2.64. The Morgan fingerprint density at radius 3 is 2.44 bits per heavy atom. The van der Waals surface area contributed by atoms with Crippen molar-refractivity contribution in [1.82, 2.24) is 4.90 Å².